The van der Waals surface area contributed by atoms with Gasteiger partial charge >= 0.3 is 0 Å². The molecule has 0 heterocycles. The molecule has 0 bridgehead atoms. The molecule has 0 amide bonds. The Morgan fingerprint density at radius 1 is 1.31 bits per heavy atom. The lowest BCUT2D eigenvalue weighted by Gasteiger charge is -2.20. The standard InChI is InChI=1S/C9H18O3S/c1-9(2,7-12-4)8(10)13-6-5-11-3/h5-7H2,1-4H3. The molecule has 0 aromatic carbocycles. The summed E-state index contributed by atoms with van der Waals surface area (Å²) in [5, 5.41) is 0.159. The number of thioether (sulfide) groups is 1. The predicted octanol–water partition coefficient (Wildman–Crippen LogP) is 1.57. The molecule has 0 aromatic rings. The Morgan fingerprint density at radius 2 is 1.92 bits per heavy atom. The van der Waals surface area contributed by atoms with E-state index in [9.17, 15) is 4.79 Å². The number of hydrogen-bond donors (Lipinski definition) is 0. The number of ether oxygens (including phenoxy) is 2. The van der Waals surface area contributed by atoms with E-state index in [1.807, 2.05) is 13.8 Å². The highest BCUT2D eigenvalue weighted by atomic mass is 32.2. The smallest absolute Gasteiger partial charge is 0.196 e. The highest BCUT2D eigenvalue weighted by Gasteiger charge is 2.27. The van der Waals surface area contributed by atoms with Crippen molar-refractivity contribution in [1.82, 2.24) is 0 Å². The molecule has 0 aliphatic rings. The Kier molecular flexibility index (Phi) is 6.37. The quantitative estimate of drug-likeness (QED) is 0.618. The number of carbonyl (C=O) groups excluding carboxylic acids is 1. The van der Waals surface area contributed by atoms with Gasteiger partial charge in [-0.15, -0.1) is 0 Å². The molecule has 0 atom stereocenters. The summed E-state index contributed by atoms with van der Waals surface area (Å²) in [6.07, 6.45) is 0. The Bertz CT molecular complexity index is 157. The lowest BCUT2D eigenvalue weighted by Crippen LogP contribution is -2.27. The van der Waals surface area contributed by atoms with Crippen LogP contribution in [0.5, 0.6) is 0 Å². The van der Waals surface area contributed by atoms with Gasteiger partial charge < -0.3 is 9.47 Å². The molecule has 0 saturated heterocycles. The minimum Gasteiger partial charge on any atom is -0.384 e. The van der Waals surface area contributed by atoms with Gasteiger partial charge in [0.15, 0.2) is 5.12 Å². The van der Waals surface area contributed by atoms with Gasteiger partial charge in [-0.25, -0.2) is 0 Å². The van der Waals surface area contributed by atoms with Gasteiger partial charge in [0.05, 0.1) is 18.6 Å². The Morgan fingerprint density at radius 3 is 2.38 bits per heavy atom. The van der Waals surface area contributed by atoms with Crippen molar-refractivity contribution in [2.24, 2.45) is 5.41 Å². The van der Waals surface area contributed by atoms with Crippen LogP contribution >= 0.6 is 11.8 Å². The highest BCUT2D eigenvalue weighted by molar-refractivity contribution is 8.13. The summed E-state index contributed by atoms with van der Waals surface area (Å²) < 4.78 is 9.83. The summed E-state index contributed by atoms with van der Waals surface area (Å²) in [5.41, 5.74) is -0.396. The van der Waals surface area contributed by atoms with Crippen molar-refractivity contribution in [3.05, 3.63) is 0 Å². The molecular formula is C9H18O3S. The zero-order chi connectivity index (χ0) is 10.3. The van der Waals surface area contributed by atoms with E-state index >= 15 is 0 Å². The number of hydrogen-bond acceptors (Lipinski definition) is 4. The third-order valence-electron chi connectivity index (χ3n) is 1.58. The normalized spacial score (nSPS) is 11.7. The van der Waals surface area contributed by atoms with Crippen molar-refractivity contribution in [3.8, 4) is 0 Å². The molecule has 13 heavy (non-hydrogen) atoms. The average molecular weight is 206 g/mol. The van der Waals surface area contributed by atoms with Crippen molar-refractivity contribution in [2.75, 3.05) is 33.2 Å². The molecule has 0 aliphatic heterocycles. The van der Waals surface area contributed by atoms with Gasteiger partial charge in [-0.3, -0.25) is 4.79 Å². The van der Waals surface area contributed by atoms with Crippen molar-refractivity contribution in [1.29, 1.82) is 0 Å². The van der Waals surface area contributed by atoms with Crippen LogP contribution in [-0.4, -0.2) is 38.3 Å². The molecule has 0 aliphatic carbocycles. The lowest BCUT2D eigenvalue weighted by atomic mass is 9.97. The zero-order valence-corrected chi connectivity index (χ0v) is 9.57. The van der Waals surface area contributed by atoms with E-state index < -0.39 is 5.41 Å². The SMILES string of the molecule is COCCSC(=O)C(C)(C)COC. The van der Waals surface area contributed by atoms with E-state index in [1.165, 1.54) is 11.8 Å². The summed E-state index contributed by atoms with van der Waals surface area (Å²) in [7, 11) is 3.24. The van der Waals surface area contributed by atoms with E-state index in [0.717, 1.165) is 0 Å². The van der Waals surface area contributed by atoms with Gasteiger partial charge in [-0.2, -0.15) is 0 Å². The Hall–Kier alpha value is -0.0600. The van der Waals surface area contributed by atoms with E-state index in [2.05, 4.69) is 0 Å². The topological polar surface area (TPSA) is 35.5 Å². The fourth-order valence-corrected chi connectivity index (χ4v) is 1.72. The van der Waals surface area contributed by atoms with Gasteiger partial charge in [0, 0.05) is 20.0 Å². The molecule has 0 N–H and O–H groups in total. The predicted molar refractivity (Wildman–Crippen MR) is 55.0 cm³/mol. The van der Waals surface area contributed by atoms with Crippen LogP contribution in [0.3, 0.4) is 0 Å². The average Bonchev–Trinajstić information content (AvgIpc) is 2.04. The summed E-state index contributed by atoms with van der Waals surface area (Å²) in [4.78, 5) is 11.6. The summed E-state index contributed by atoms with van der Waals surface area (Å²) in [5.74, 6) is 0.711. The largest absolute Gasteiger partial charge is 0.384 e. The third kappa shape index (κ3) is 5.29. The molecule has 0 saturated carbocycles. The molecule has 0 spiro atoms. The van der Waals surface area contributed by atoms with E-state index in [0.29, 0.717) is 19.0 Å². The van der Waals surface area contributed by atoms with Gasteiger partial charge in [0.25, 0.3) is 0 Å². The molecule has 78 valence electrons. The van der Waals surface area contributed by atoms with Crippen LogP contribution in [-0.2, 0) is 14.3 Å². The molecule has 0 fully saturated rings. The van der Waals surface area contributed by atoms with Crippen molar-refractivity contribution >= 4 is 16.9 Å². The highest BCUT2D eigenvalue weighted by Crippen LogP contribution is 2.23. The van der Waals surface area contributed by atoms with Crippen LogP contribution in [0.15, 0.2) is 0 Å². The van der Waals surface area contributed by atoms with Crippen LogP contribution < -0.4 is 0 Å². The Balaban J connectivity index is 3.80. The number of methoxy groups -OCH3 is 2. The minimum absolute atomic E-state index is 0.159. The maximum Gasteiger partial charge on any atom is 0.196 e. The number of rotatable bonds is 6. The van der Waals surface area contributed by atoms with E-state index in [1.54, 1.807) is 14.2 Å². The first kappa shape index (κ1) is 12.9. The molecule has 0 rings (SSSR count). The molecule has 4 heteroatoms. The lowest BCUT2D eigenvalue weighted by molar-refractivity contribution is -0.120. The van der Waals surface area contributed by atoms with Gasteiger partial charge in [0.1, 0.15) is 0 Å². The molecule has 0 radical (unpaired) electrons. The monoisotopic (exact) mass is 206 g/mol. The Labute approximate surface area is 84.2 Å². The van der Waals surface area contributed by atoms with E-state index in [-0.39, 0.29) is 5.12 Å². The van der Waals surface area contributed by atoms with Crippen molar-refractivity contribution < 1.29 is 14.3 Å². The van der Waals surface area contributed by atoms with Crippen LogP contribution in [0, 0.1) is 5.41 Å². The maximum absolute atomic E-state index is 11.6. The zero-order valence-electron chi connectivity index (χ0n) is 8.75. The summed E-state index contributed by atoms with van der Waals surface area (Å²) in [6.45, 7) is 4.85. The van der Waals surface area contributed by atoms with Crippen LogP contribution in [0.25, 0.3) is 0 Å². The molecule has 0 aromatic heterocycles. The fraction of sp³-hybridized carbons (Fsp3) is 0.889. The summed E-state index contributed by atoms with van der Waals surface area (Å²) in [6, 6.07) is 0. The maximum atomic E-state index is 11.6. The van der Waals surface area contributed by atoms with Gasteiger partial charge in [0.2, 0.25) is 0 Å². The second-order valence-corrected chi connectivity index (χ2v) is 4.51. The van der Waals surface area contributed by atoms with Gasteiger partial charge in [-0.05, 0) is 13.8 Å². The number of carbonyl (C=O) groups is 1. The molecular weight excluding hydrogens is 188 g/mol. The first-order valence-electron chi connectivity index (χ1n) is 4.19. The van der Waals surface area contributed by atoms with Gasteiger partial charge in [-0.1, -0.05) is 11.8 Å². The second kappa shape index (κ2) is 6.40. The van der Waals surface area contributed by atoms with Crippen LogP contribution in [0.2, 0.25) is 0 Å². The third-order valence-corrected chi connectivity index (χ3v) is 2.76. The second-order valence-electron chi connectivity index (χ2n) is 3.45. The van der Waals surface area contributed by atoms with Crippen molar-refractivity contribution in [2.45, 2.75) is 13.8 Å². The minimum atomic E-state index is -0.396. The van der Waals surface area contributed by atoms with Crippen LogP contribution in [0.1, 0.15) is 13.8 Å². The molecule has 0 unspecified atom stereocenters. The first-order valence-corrected chi connectivity index (χ1v) is 5.18. The fourth-order valence-electron chi connectivity index (χ4n) is 0.833. The summed E-state index contributed by atoms with van der Waals surface area (Å²) >= 11 is 1.30. The van der Waals surface area contributed by atoms with Crippen molar-refractivity contribution in [3.63, 3.8) is 0 Å². The van der Waals surface area contributed by atoms with E-state index in [4.69, 9.17) is 9.47 Å². The molecule has 3 nitrogen and oxygen atoms in total. The van der Waals surface area contributed by atoms with Crippen LogP contribution in [0.4, 0.5) is 0 Å². The first-order chi connectivity index (χ1) is 6.04.